The zero-order valence-corrected chi connectivity index (χ0v) is 8.80. The second-order valence-corrected chi connectivity index (χ2v) is 3.49. The zero-order chi connectivity index (χ0) is 10.7. The van der Waals surface area contributed by atoms with Crippen LogP contribution >= 0.6 is 11.6 Å². The Hall–Kier alpha value is -1.13. The molecule has 14 heavy (non-hydrogen) atoms. The van der Waals surface area contributed by atoms with Crippen LogP contribution in [0.3, 0.4) is 0 Å². The first-order valence-electron chi connectivity index (χ1n) is 4.19. The van der Waals surface area contributed by atoms with Crippen molar-refractivity contribution in [3.05, 3.63) is 23.0 Å². The molecule has 0 bridgehead atoms. The van der Waals surface area contributed by atoms with Gasteiger partial charge in [0.2, 0.25) is 5.91 Å². The lowest BCUT2D eigenvalue weighted by Crippen LogP contribution is -2.32. The molecule has 4 nitrogen and oxygen atoms in total. The number of carbonyl (C=O) groups is 1. The standard InChI is InChI=1S/C9H12ClN3O/c1-5-3-7(8(10)12-4-5)13-9(14)6(2)11/h3-4,6H,11H2,1-2H3,(H,13,14)/t6-/m1/s1. The molecule has 0 spiro atoms. The molecule has 0 unspecified atom stereocenters. The van der Waals surface area contributed by atoms with E-state index >= 15 is 0 Å². The normalized spacial score (nSPS) is 12.3. The first-order chi connectivity index (χ1) is 6.50. The summed E-state index contributed by atoms with van der Waals surface area (Å²) in [5.41, 5.74) is 6.82. The molecule has 5 heteroatoms. The summed E-state index contributed by atoms with van der Waals surface area (Å²) in [4.78, 5) is 15.2. The Balaban J connectivity index is 2.86. The number of amides is 1. The Morgan fingerprint density at radius 1 is 1.71 bits per heavy atom. The van der Waals surface area contributed by atoms with Gasteiger partial charge in [-0.3, -0.25) is 4.79 Å². The van der Waals surface area contributed by atoms with E-state index in [1.165, 1.54) is 0 Å². The van der Waals surface area contributed by atoms with Crippen LogP contribution in [0.25, 0.3) is 0 Å². The first-order valence-corrected chi connectivity index (χ1v) is 4.57. The molecule has 0 radical (unpaired) electrons. The number of aryl methyl sites for hydroxylation is 1. The molecule has 1 heterocycles. The monoisotopic (exact) mass is 213 g/mol. The van der Waals surface area contributed by atoms with Crippen LogP contribution in [0.2, 0.25) is 5.15 Å². The highest BCUT2D eigenvalue weighted by Crippen LogP contribution is 2.19. The van der Waals surface area contributed by atoms with E-state index in [1.807, 2.05) is 6.92 Å². The molecule has 0 saturated carbocycles. The second-order valence-electron chi connectivity index (χ2n) is 3.13. The summed E-state index contributed by atoms with van der Waals surface area (Å²) in [6.45, 7) is 3.47. The number of carbonyl (C=O) groups excluding carboxylic acids is 1. The maximum Gasteiger partial charge on any atom is 0.241 e. The average Bonchev–Trinajstić information content (AvgIpc) is 2.11. The summed E-state index contributed by atoms with van der Waals surface area (Å²) in [5.74, 6) is -0.278. The fraction of sp³-hybridized carbons (Fsp3) is 0.333. The van der Waals surface area contributed by atoms with Crippen molar-refractivity contribution < 1.29 is 4.79 Å². The minimum atomic E-state index is -0.563. The van der Waals surface area contributed by atoms with Gasteiger partial charge in [-0.25, -0.2) is 4.98 Å². The smallest absolute Gasteiger partial charge is 0.241 e. The van der Waals surface area contributed by atoms with Gasteiger partial charge in [0.1, 0.15) is 0 Å². The van der Waals surface area contributed by atoms with Crippen LogP contribution in [-0.4, -0.2) is 16.9 Å². The van der Waals surface area contributed by atoms with E-state index in [0.29, 0.717) is 5.69 Å². The Morgan fingerprint density at radius 2 is 2.36 bits per heavy atom. The molecule has 76 valence electrons. The Bertz CT molecular complexity index is 352. The van der Waals surface area contributed by atoms with Crippen molar-refractivity contribution in [3.8, 4) is 0 Å². The predicted molar refractivity (Wildman–Crippen MR) is 56.3 cm³/mol. The molecule has 1 rings (SSSR count). The summed E-state index contributed by atoms with van der Waals surface area (Å²) in [5, 5.41) is 2.86. The van der Waals surface area contributed by atoms with Crippen LogP contribution in [0.1, 0.15) is 12.5 Å². The molecule has 1 aromatic heterocycles. The van der Waals surface area contributed by atoms with Crippen molar-refractivity contribution in [2.75, 3.05) is 5.32 Å². The van der Waals surface area contributed by atoms with E-state index in [4.69, 9.17) is 17.3 Å². The molecule has 0 fully saturated rings. The van der Waals surface area contributed by atoms with E-state index in [0.717, 1.165) is 5.56 Å². The quantitative estimate of drug-likeness (QED) is 0.729. The predicted octanol–water partition coefficient (Wildman–Crippen LogP) is 1.33. The number of hydrogen-bond acceptors (Lipinski definition) is 3. The van der Waals surface area contributed by atoms with Crippen molar-refractivity contribution >= 4 is 23.2 Å². The highest BCUT2D eigenvalue weighted by molar-refractivity contribution is 6.32. The molecule has 1 aromatic rings. The Labute approximate surface area is 87.5 Å². The van der Waals surface area contributed by atoms with E-state index in [-0.39, 0.29) is 11.1 Å². The van der Waals surface area contributed by atoms with Gasteiger partial charge >= 0.3 is 0 Å². The average molecular weight is 214 g/mol. The first kappa shape index (κ1) is 10.9. The van der Waals surface area contributed by atoms with Crippen LogP contribution in [0, 0.1) is 6.92 Å². The van der Waals surface area contributed by atoms with Gasteiger partial charge in [0, 0.05) is 6.20 Å². The minimum Gasteiger partial charge on any atom is -0.322 e. The van der Waals surface area contributed by atoms with Crippen molar-refractivity contribution in [1.82, 2.24) is 4.98 Å². The fourth-order valence-corrected chi connectivity index (χ4v) is 1.04. The van der Waals surface area contributed by atoms with Gasteiger partial charge in [-0.1, -0.05) is 11.6 Å². The van der Waals surface area contributed by atoms with Crippen molar-refractivity contribution in [3.63, 3.8) is 0 Å². The number of rotatable bonds is 2. The minimum absolute atomic E-state index is 0.268. The summed E-state index contributed by atoms with van der Waals surface area (Å²) >= 11 is 5.78. The van der Waals surface area contributed by atoms with Gasteiger partial charge in [-0.2, -0.15) is 0 Å². The van der Waals surface area contributed by atoms with E-state index in [9.17, 15) is 4.79 Å². The number of aromatic nitrogens is 1. The lowest BCUT2D eigenvalue weighted by Gasteiger charge is -2.09. The van der Waals surface area contributed by atoms with Crippen molar-refractivity contribution in [1.29, 1.82) is 0 Å². The molecule has 0 aromatic carbocycles. The number of anilines is 1. The van der Waals surface area contributed by atoms with Crippen LogP contribution < -0.4 is 11.1 Å². The van der Waals surface area contributed by atoms with Gasteiger partial charge in [0.05, 0.1) is 11.7 Å². The summed E-state index contributed by atoms with van der Waals surface area (Å²) in [7, 11) is 0. The van der Waals surface area contributed by atoms with E-state index in [2.05, 4.69) is 10.3 Å². The molecular weight excluding hydrogens is 202 g/mol. The largest absolute Gasteiger partial charge is 0.322 e. The highest BCUT2D eigenvalue weighted by atomic mass is 35.5. The molecule has 1 amide bonds. The molecule has 0 aliphatic rings. The zero-order valence-electron chi connectivity index (χ0n) is 8.04. The lowest BCUT2D eigenvalue weighted by molar-refractivity contribution is -0.117. The van der Waals surface area contributed by atoms with Crippen molar-refractivity contribution in [2.45, 2.75) is 19.9 Å². The Kier molecular flexibility index (Phi) is 3.43. The number of nitrogens with two attached hydrogens (primary N) is 1. The summed E-state index contributed by atoms with van der Waals surface area (Å²) in [6.07, 6.45) is 1.63. The molecule has 0 saturated heterocycles. The molecule has 1 atom stereocenters. The van der Waals surface area contributed by atoms with Crippen LogP contribution in [0.4, 0.5) is 5.69 Å². The van der Waals surface area contributed by atoms with Crippen molar-refractivity contribution in [2.24, 2.45) is 5.73 Å². The highest BCUT2D eigenvalue weighted by Gasteiger charge is 2.10. The summed E-state index contributed by atoms with van der Waals surface area (Å²) < 4.78 is 0. The molecule has 3 N–H and O–H groups in total. The number of nitrogens with one attached hydrogen (secondary N) is 1. The second kappa shape index (κ2) is 4.39. The van der Waals surface area contributed by atoms with Gasteiger partial charge in [0.25, 0.3) is 0 Å². The SMILES string of the molecule is Cc1cnc(Cl)c(NC(=O)[C@@H](C)N)c1. The number of pyridine rings is 1. The molecular formula is C9H12ClN3O. The van der Waals surface area contributed by atoms with E-state index in [1.54, 1.807) is 19.2 Å². The fourth-order valence-electron chi connectivity index (χ4n) is 0.887. The van der Waals surface area contributed by atoms with Gasteiger partial charge in [-0.15, -0.1) is 0 Å². The topological polar surface area (TPSA) is 68.0 Å². The van der Waals surface area contributed by atoms with Crippen LogP contribution in [0.5, 0.6) is 0 Å². The summed E-state index contributed by atoms with van der Waals surface area (Å²) in [6, 6.07) is 1.18. The van der Waals surface area contributed by atoms with Gasteiger partial charge in [0.15, 0.2) is 5.15 Å². The van der Waals surface area contributed by atoms with Gasteiger partial charge < -0.3 is 11.1 Å². The number of hydrogen-bond donors (Lipinski definition) is 2. The third kappa shape index (κ3) is 2.68. The maximum atomic E-state index is 11.3. The Morgan fingerprint density at radius 3 is 2.93 bits per heavy atom. The number of nitrogens with zero attached hydrogens (tertiary/aromatic N) is 1. The lowest BCUT2D eigenvalue weighted by atomic mass is 10.2. The van der Waals surface area contributed by atoms with Crippen LogP contribution in [-0.2, 0) is 4.79 Å². The molecule has 0 aliphatic carbocycles. The number of halogens is 1. The van der Waals surface area contributed by atoms with Crippen LogP contribution in [0.15, 0.2) is 12.3 Å². The third-order valence-corrected chi connectivity index (χ3v) is 1.95. The third-order valence-electron chi connectivity index (χ3n) is 1.65. The van der Waals surface area contributed by atoms with E-state index < -0.39 is 6.04 Å². The molecule has 0 aliphatic heterocycles. The maximum absolute atomic E-state index is 11.3. The van der Waals surface area contributed by atoms with Gasteiger partial charge in [-0.05, 0) is 25.5 Å².